The number of imidazole rings is 1. The van der Waals surface area contributed by atoms with Crippen molar-refractivity contribution in [3.63, 3.8) is 0 Å². The molecule has 0 saturated carbocycles. The van der Waals surface area contributed by atoms with Gasteiger partial charge in [0.15, 0.2) is 0 Å². The first-order chi connectivity index (χ1) is 16.1. The maximum Gasteiger partial charge on any atom is 0.338 e. The third-order valence-corrected chi connectivity index (χ3v) is 6.26. The van der Waals surface area contributed by atoms with Crippen LogP contribution in [0.2, 0.25) is 0 Å². The lowest BCUT2D eigenvalue weighted by Crippen LogP contribution is -2.46. The molecule has 8 heteroatoms. The number of rotatable bonds is 6. The quantitative estimate of drug-likeness (QED) is 0.327. The Balaban J connectivity index is 1.37. The fourth-order valence-corrected chi connectivity index (χ4v) is 4.57. The van der Waals surface area contributed by atoms with Gasteiger partial charge in [0.25, 0.3) is 5.91 Å². The standard InChI is InChI=1S/C25H26N4O4/c1-2-3-15-33-24(32)17-9-11-18(12-10-17)29-22(30)16-21(23(29)31)28-14-6-13-27-20-8-5-4-7-19(20)26-25(27)28/h4-5,7-12,21H,2-3,6,13-16H2,1H3. The third-order valence-electron chi connectivity index (χ3n) is 6.26. The molecule has 0 aliphatic carbocycles. The lowest BCUT2D eigenvalue weighted by Gasteiger charge is -2.32. The Bertz CT molecular complexity index is 1220. The Labute approximate surface area is 191 Å². The number of benzene rings is 2. The predicted octanol–water partition coefficient (Wildman–Crippen LogP) is 3.54. The average Bonchev–Trinajstić information content (AvgIpc) is 3.36. The molecule has 1 aromatic heterocycles. The number of para-hydroxylation sites is 2. The smallest absolute Gasteiger partial charge is 0.338 e. The van der Waals surface area contributed by atoms with E-state index in [0.717, 1.165) is 42.8 Å². The molecule has 2 amide bonds. The molecule has 1 unspecified atom stereocenters. The number of carbonyl (C=O) groups is 3. The molecule has 8 nitrogen and oxygen atoms in total. The van der Waals surface area contributed by atoms with Crippen molar-refractivity contribution in [1.82, 2.24) is 9.55 Å². The van der Waals surface area contributed by atoms with Gasteiger partial charge in [-0.2, -0.15) is 0 Å². The zero-order valence-electron chi connectivity index (χ0n) is 18.6. The van der Waals surface area contributed by atoms with Crippen molar-refractivity contribution >= 4 is 40.5 Å². The molecule has 3 heterocycles. The van der Waals surface area contributed by atoms with Crippen LogP contribution in [0, 0.1) is 0 Å². The van der Waals surface area contributed by atoms with E-state index < -0.39 is 12.0 Å². The van der Waals surface area contributed by atoms with Crippen LogP contribution in [-0.4, -0.2) is 46.5 Å². The molecule has 5 rings (SSSR count). The predicted molar refractivity (Wildman–Crippen MR) is 124 cm³/mol. The first-order valence-electron chi connectivity index (χ1n) is 11.4. The molecule has 0 N–H and O–H groups in total. The van der Waals surface area contributed by atoms with E-state index in [-0.39, 0.29) is 18.2 Å². The number of hydrogen-bond acceptors (Lipinski definition) is 6. The second-order valence-corrected chi connectivity index (χ2v) is 8.42. The number of esters is 1. The van der Waals surface area contributed by atoms with Crippen molar-refractivity contribution in [2.75, 3.05) is 23.0 Å². The summed E-state index contributed by atoms with van der Waals surface area (Å²) < 4.78 is 7.35. The number of carbonyl (C=O) groups excluding carboxylic acids is 3. The van der Waals surface area contributed by atoms with Gasteiger partial charge < -0.3 is 14.2 Å². The molecule has 2 aliphatic heterocycles. The topological polar surface area (TPSA) is 84.7 Å². The van der Waals surface area contributed by atoms with Gasteiger partial charge in [-0.05, 0) is 49.2 Å². The van der Waals surface area contributed by atoms with Crippen molar-refractivity contribution in [3.05, 3.63) is 54.1 Å². The zero-order chi connectivity index (χ0) is 22.9. The maximum atomic E-state index is 13.4. The number of imide groups is 1. The van der Waals surface area contributed by atoms with Gasteiger partial charge in [0.2, 0.25) is 11.9 Å². The number of aryl methyl sites for hydroxylation is 1. The van der Waals surface area contributed by atoms with Crippen LogP contribution in [0.3, 0.4) is 0 Å². The molecule has 2 aromatic carbocycles. The largest absolute Gasteiger partial charge is 0.462 e. The summed E-state index contributed by atoms with van der Waals surface area (Å²) in [5, 5.41) is 0. The van der Waals surface area contributed by atoms with Gasteiger partial charge >= 0.3 is 5.97 Å². The summed E-state index contributed by atoms with van der Waals surface area (Å²) >= 11 is 0. The highest BCUT2D eigenvalue weighted by Crippen LogP contribution is 2.33. The fourth-order valence-electron chi connectivity index (χ4n) is 4.57. The molecule has 0 radical (unpaired) electrons. The van der Waals surface area contributed by atoms with Crippen LogP contribution in [0.5, 0.6) is 0 Å². The first kappa shape index (κ1) is 21.2. The van der Waals surface area contributed by atoms with Gasteiger partial charge in [-0.25, -0.2) is 14.7 Å². The Kier molecular flexibility index (Phi) is 5.58. The summed E-state index contributed by atoms with van der Waals surface area (Å²) in [4.78, 5) is 46.3. The Morgan fingerprint density at radius 3 is 2.67 bits per heavy atom. The van der Waals surface area contributed by atoms with Gasteiger partial charge in [0.1, 0.15) is 6.04 Å². The number of ether oxygens (including phenoxy) is 1. The molecule has 170 valence electrons. The number of hydrogen-bond donors (Lipinski definition) is 0. The van der Waals surface area contributed by atoms with Crippen molar-refractivity contribution < 1.29 is 19.1 Å². The Morgan fingerprint density at radius 1 is 1.09 bits per heavy atom. The molecule has 3 aromatic rings. The van der Waals surface area contributed by atoms with Gasteiger partial charge in [-0.3, -0.25) is 9.59 Å². The summed E-state index contributed by atoms with van der Waals surface area (Å²) in [6.45, 7) is 3.91. The number of fused-ring (bicyclic) bond motifs is 3. The SMILES string of the molecule is CCCCOC(=O)c1ccc(N2C(=O)CC(N3CCCn4c3nc3ccccc34)C2=O)cc1. The number of amides is 2. The first-order valence-corrected chi connectivity index (χ1v) is 11.4. The summed E-state index contributed by atoms with van der Waals surface area (Å²) in [5.74, 6) is -0.185. The van der Waals surface area contributed by atoms with E-state index in [1.54, 1.807) is 24.3 Å². The van der Waals surface area contributed by atoms with E-state index in [1.807, 2.05) is 36.1 Å². The zero-order valence-corrected chi connectivity index (χ0v) is 18.6. The van der Waals surface area contributed by atoms with E-state index in [9.17, 15) is 14.4 Å². The highest BCUT2D eigenvalue weighted by atomic mass is 16.5. The van der Waals surface area contributed by atoms with Crippen LogP contribution in [0.1, 0.15) is 43.0 Å². The lowest BCUT2D eigenvalue weighted by atomic mass is 10.2. The third kappa shape index (κ3) is 3.75. The van der Waals surface area contributed by atoms with Gasteiger partial charge in [-0.1, -0.05) is 25.5 Å². The lowest BCUT2D eigenvalue weighted by molar-refractivity contribution is -0.121. The normalized spacial score (nSPS) is 18.2. The highest BCUT2D eigenvalue weighted by molar-refractivity contribution is 6.23. The van der Waals surface area contributed by atoms with Crippen LogP contribution in [-0.2, 0) is 20.9 Å². The Morgan fingerprint density at radius 2 is 1.88 bits per heavy atom. The van der Waals surface area contributed by atoms with Crippen molar-refractivity contribution in [2.24, 2.45) is 0 Å². The number of nitrogens with zero attached hydrogens (tertiary/aromatic N) is 4. The van der Waals surface area contributed by atoms with Crippen molar-refractivity contribution in [3.8, 4) is 0 Å². The monoisotopic (exact) mass is 446 g/mol. The van der Waals surface area contributed by atoms with Crippen LogP contribution < -0.4 is 9.80 Å². The maximum absolute atomic E-state index is 13.4. The minimum atomic E-state index is -0.591. The van der Waals surface area contributed by atoms with Crippen molar-refractivity contribution in [2.45, 2.75) is 45.2 Å². The van der Waals surface area contributed by atoms with Gasteiger partial charge in [0, 0.05) is 13.1 Å². The molecule has 1 saturated heterocycles. The average molecular weight is 447 g/mol. The summed E-state index contributed by atoms with van der Waals surface area (Å²) in [6.07, 6.45) is 2.73. The van der Waals surface area contributed by atoms with E-state index in [1.165, 1.54) is 4.90 Å². The Hall–Kier alpha value is -3.68. The molecular weight excluding hydrogens is 420 g/mol. The number of unbranched alkanes of at least 4 members (excludes halogenated alkanes) is 1. The molecule has 33 heavy (non-hydrogen) atoms. The van der Waals surface area contributed by atoms with E-state index in [2.05, 4.69) is 4.57 Å². The van der Waals surface area contributed by atoms with Crippen LogP contribution in [0.15, 0.2) is 48.5 Å². The number of anilines is 2. The minimum absolute atomic E-state index is 0.100. The van der Waals surface area contributed by atoms with Gasteiger partial charge in [-0.15, -0.1) is 0 Å². The molecule has 0 spiro atoms. The fraction of sp³-hybridized carbons (Fsp3) is 0.360. The molecule has 2 aliphatic rings. The van der Waals surface area contributed by atoms with Crippen LogP contribution in [0.4, 0.5) is 11.6 Å². The van der Waals surface area contributed by atoms with Gasteiger partial charge in [0.05, 0.1) is 35.3 Å². The highest BCUT2D eigenvalue weighted by Gasteiger charge is 2.44. The second kappa shape index (κ2) is 8.69. The van der Waals surface area contributed by atoms with E-state index in [4.69, 9.17) is 9.72 Å². The summed E-state index contributed by atoms with van der Waals surface area (Å²) in [6, 6.07) is 13.8. The molecule has 0 bridgehead atoms. The van der Waals surface area contributed by atoms with Crippen LogP contribution >= 0.6 is 0 Å². The molecule has 1 atom stereocenters. The molecule has 1 fully saturated rings. The van der Waals surface area contributed by atoms with Crippen LogP contribution in [0.25, 0.3) is 11.0 Å². The van der Waals surface area contributed by atoms with E-state index >= 15 is 0 Å². The molecular formula is C25H26N4O4. The minimum Gasteiger partial charge on any atom is -0.462 e. The van der Waals surface area contributed by atoms with E-state index in [0.29, 0.717) is 24.4 Å². The summed E-state index contributed by atoms with van der Waals surface area (Å²) in [5.41, 5.74) is 2.78. The number of aromatic nitrogens is 2. The second-order valence-electron chi connectivity index (χ2n) is 8.42. The van der Waals surface area contributed by atoms with Crippen molar-refractivity contribution in [1.29, 1.82) is 0 Å². The summed E-state index contributed by atoms with van der Waals surface area (Å²) in [7, 11) is 0.